The first-order chi connectivity index (χ1) is 17.8. The summed E-state index contributed by atoms with van der Waals surface area (Å²) in [7, 11) is 0. The maximum atomic E-state index is 2.34. The van der Waals surface area contributed by atoms with Gasteiger partial charge < -0.3 is 0 Å². The molecule has 0 amide bonds. The highest BCUT2D eigenvalue weighted by atomic mass is 14.1. The van der Waals surface area contributed by atoms with Crippen LogP contribution in [0.25, 0.3) is 0 Å². The van der Waals surface area contributed by atoms with Crippen LogP contribution >= 0.6 is 0 Å². The maximum absolute atomic E-state index is 2.34. The van der Waals surface area contributed by atoms with Crippen LogP contribution in [0, 0.1) is 5.92 Å². The molecule has 0 aromatic rings. The van der Waals surface area contributed by atoms with Crippen LogP contribution in [0.2, 0.25) is 0 Å². The van der Waals surface area contributed by atoms with E-state index < -0.39 is 0 Å². The first kappa shape index (κ1) is 36.0. The minimum Gasteiger partial charge on any atom is -0.0654 e. The third kappa shape index (κ3) is 30.2. The van der Waals surface area contributed by atoms with E-state index in [9.17, 15) is 0 Å². The van der Waals surface area contributed by atoms with E-state index in [-0.39, 0.29) is 0 Å². The zero-order chi connectivity index (χ0) is 26.2. The first-order valence-corrected chi connectivity index (χ1v) is 17.8. The molecule has 0 nitrogen and oxygen atoms in total. The standard InChI is InChI=1S/C36H74/c1-4-7-10-13-15-17-18-19-20-21-22-23-24-26-29-32-35-36(33-30-27-12-9-6-3)34-31-28-25-16-14-11-8-5-2/h36H,4-35H2,1-3H3. The van der Waals surface area contributed by atoms with Crippen molar-refractivity contribution in [3.8, 4) is 0 Å². The van der Waals surface area contributed by atoms with Gasteiger partial charge in [0.1, 0.15) is 0 Å². The molecule has 0 fully saturated rings. The molecule has 0 aromatic carbocycles. The zero-order valence-corrected chi connectivity index (χ0v) is 26.2. The van der Waals surface area contributed by atoms with E-state index in [0.29, 0.717) is 0 Å². The molecule has 0 aliphatic rings. The minimum atomic E-state index is 1.04. The summed E-state index contributed by atoms with van der Waals surface area (Å²) in [6, 6.07) is 0. The second-order valence-corrected chi connectivity index (χ2v) is 12.4. The van der Waals surface area contributed by atoms with E-state index in [1.165, 1.54) is 205 Å². The van der Waals surface area contributed by atoms with E-state index in [0.717, 1.165) is 5.92 Å². The van der Waals surface area contributed by atoms with Gasteiger partial charge in [-0.05, 0) is 5.92 Å². The molecule has 0 rings (SSSR count). The number of rotatable bonds is 32. The van der Waals surface area contributed by atoms with Crippen molar-refractivity contribution >= 4 is 0 Å². The van der Waals surface area contributed by atoms with Crippen LogP contribution in [-0.2, 0) is 0 Å². The fourth-order valence-electron chi connectivity index (χ4n) is 6.02. The average Bonchev–Trinajstić information content (AvgIpc) is 2.89. The molecule has 1 atom stereocenters. The van der Waals surface area contributed by atoms with Gasteiger partial charge in [0, 0.05) is 0 Å². The molecule has 0 saturated carbocycles. The van der Waals surface area contributed by atoms with Gasteiger partial charge in [0.05, 0.1) is 0 Å². The van der Waals surface area contributed by atoms with E-state index >= 15 is 0 Å². The van der Waals surface area contributed by atoms with Crippen LogP contribution in [0.4, 0.5) is 0 Å². The zero-order valence-electron chi connectivity index (χ0n) is 26.2. The van der Waals surface area contributed by atoms with Gasteiger partial charge in [-0.15, -0.1) is 0 Å². The first-order valence-electron chi connectivity index (χ1n) is 17.8. The molecule has 0 aliphatic heterocycles. The number of hydrogen-bond donors (Lipinski definition) is 0. The van der Waals surface area contributed by atoms with Crippen LogP contribution in [0.3, 0.4) is 0 Å². The van der Waals surface area contributed by atoms with Gasteiger partial charge in [-0.1, -0.05) is 226 Å². The van der Waals surface area contributed by atoms with E-state index in [1.54, 1.807) is 0 Å². The lowest BCUT2D eigenvalue weighted by molar-refractivity contribution is 0.365. The number of hydrogen-bond acceptors (Lipinski definition) is 0. The predicted molar refractivity (Wildman–Crippen MR) is 168 cm³/mol. The third-order valence-electron chi connectivity index (χ3n) is 8.65. The van der Waals surface area contributed by atoms with Crippen LogP contribution in [0.5, 0.6) is 0 Å². The lowest BCUT2D eigenvalue weighted by Gasteiger charge is -2.17. The van der Waals surface area contributed by atoms with Crippen LogP contribution in [0.15, 0.2) is 0 Å². The van der Waals surface area contributed by atoms with E-state index in [4.69, 9.17) is 0 Å². The summed E-state index contributed by atoms with van der Waals surface area (Å²) in [6.45, 7) is 6.97. The lowest BCUT2D eigenvalue weighted by Crippen LogP contribution is -2.01. The largest absolute Gasteiger partial charge is 0.0654 e. The summed E-state index contributed by atoms with van der Waals surface area (Å²) in [5.41, 5.74) is 0. The Hall–Kier alpha value is 0. The van der Waals surface area contributed by atoms with Gasteiger partial charge in [0.25, 0.3) is 0 Å². The Labute approximate surface area is 232 Å². The molecule has 0 heteroatoms. The molecular weight excluding hydrogens is 432 g/mol. The average molecular weight is 507 g/mol. The second kappa shape index (κ2) is 33.0. The van der Waals surface area contributed by atoms with E-state index in [1.807, 2.05) is 0 Å². The number of unbranched alkanes of at least 4 members (excludes halogenated alkanes) is 26. The highest BCUT2D eigenvalue weighted by Gasteiger charge is 2.08. The molecule has 0 radical (unpaired) electrons. The van der Waals surface area contributed by atoms with Crippen molar-refractivity contribution < 1.29 is 0 Å². The molecule has 0 bridgehead atoms. The molecule has 218 valence electrons. The molecule has 0 heterocycles. The molecule has 0 aromatic heterocycles. The Morgan fingerprint density at radius 3 is 0.583 bits per heavy atom. The topological polar surface area (TPSA) is 0 Å². The van der Waals surface area contributed by atoms with Gasteiger partial charge in [-0.3, -0.25) is 0 Å². The van der Waals surface area contributed by atoms with Crippen molar-refractivity contribution in [3.05, 3.63) is 0 Å². The van der Waals surface area contributed by atoms with Crippen LogP contribution < -0.4 is 0 Å². The summed E-state index contributed by atoms with van der Waals surface area (Å²) in [6.07, 6.45) is 47.3. The highest BCUT2D eigenvalue weighted by Crippen LogP contribution is 2.25. The highest BCUT2D eigenvalue weighted by molar-refractivity contribution is 4.62. The van der Waals surface area contributed by atoms with Crippen molar-refractivity contribution in [1.29, 1.82) is 0 Å². The molecular formula is C36H74. The van der Waals surface area contributed by atoms with Crippen LogP contribution in [-0.4, -0.2) is 0 Å². The molecule has 36 heavy (non-hydrogen) atoms. The second-order valence-electron chi connectivity index (χ2n) is 12.4. The maximum Gasteiger partial charge on any atom is -0.0414 e. The van der Waals surface area contributed by atoms with Crippen molar-refractivity contribution in [1.82, 2.24) is 0 Å². The predicted octanol–water partition coefficient (Wildman–Crippen LogP) is 14.1. The summed E-state index contributed by atoms with van der Waals surface area (Å²) < 4.78 is 0. The van der Waals surface area contributed by atoms with Crippen molar-refractivity contribution in [2.45, 2.75) is 226 Å². The SMILES string of the molecule is CCCCCCCCCCCCCCCCCCC(CCCCCCC)CCCCCCCCCC. The molecule has 0 spiro atoms. The minimum absolute atomic E-state index is 1.04. The van der Waals surface area contributed by atoms with E-state index in [2.05, 4.69) is 20.8 Å². The Morgan fingerprint density at radius 1 is 0.222 bits per heavy atom. The van der Waals surface area contributed by atoms with Crippen LogP contribution in [0.1, 0.15) is 226 Å². The van der Waals surface area contributed by atoms with Gasteiger partial charge in [0.2, 0.25) is 0 Å². The fourth-order valence-corrected chi connectivity index (χ4v) is 6.02. The Kier molecular flexibility index (Phi) is 33.0. The molecule has 0 aliphatic carbocycles. The molecule has 0 N–H and O–H groups in total. The van der Waals surface area contributed by atoms with Gasteiger partial charge >= 0.3 is 0 Å². The Balaban J connectivity index is 3.63. The summed E-state index contributed by atoms with van der Waals surface area (Å²) >= 11 is 0. The summed E-state index contributed by atoms with van der Waals surface area (Å²) in [5.74, 6) is 1.04. The Morgan fingerprint density at radius 2 is 0.389 bits per heavy atom. The molecule has 1 unspecified atom stereocenters. The summed E-state index contributed by atoms with van der Waals surface area (Å²) in [4.78, 5) is 0. The van der Waals surface area contributed by atoms with Crippen molar-refractivity contribution in [2.75, 3.05) is 0 Å². The van der Waals surface area contributed by atoms with Crippen molar-refractivity contribution in [2.24, 2.45) is 5.92 Å². The fraction of sp³-hybridized carbons (Fsp3) is 1.00. The Bertz CT molecular complexity index is 359. The monoisotopic (exact) mass is 507 g/mol. The smallest absolute Gasteiger partial charge is 0.0414 e. The summed E-state index contributed by atoms with van der Waals surface area (Å²) in [5, 5.41) is 0. The molecule has 0 saturated heterocycles. The van der Waals surface area contributed by atoms with Gasteiger partial charge in [-0.2, -0.15) is 0 Å². The normalized spacial score (nSPS) is 12.4. The van der Waals surface area contributed by atoms with Gasteiger partial charge in [0.15, 0.2) is 0 Å². The quantitative estimate of drug-likeness (QED) is 0.0795. The third-order valence-corrected chi connectivity index (χ3v) is 8.65. The lowest BCUT2D eigenvalue weighted by atomic mass is 9.89. The van der Waals surface area contributed by atoms with Crippen molar-refractivity contribution in [3.63, 3.8) is 0 Å². The van der Waals surface area contributed by atoms with Gasteiger partial charge in [-0.25, -0.2) is 0 Å².